The summed E-state index contributed by atoms with van der Waals surface area (Å²) in [5, 5.41) is 8.25. The summed E-state index contributed by atoms with van der Waals surface area (Å²) in [5.74, 6) is -0.712. The Morgan fingerprint density at radius 2 is 1.89 bits per heavy atom. The number of hydrogen-bond acceptors (Lipinski definition) is 5. The fourth-order valence-electron chi connectivity index (χ4n) is 2.65. The van der Waals surface area contributed by atoms with Gasteiger partial charge in [-0.2, -0.15) is 5.10 Å². The molecule has 3 rings (SSSR count). The minimum atomic E-state index is -0.795. The van der Waals surface area contributed by atoms with Crippen LogP contribution in [0.25, 0.3) is 0 Å². The molecule has 0 fully saturated rings. The summed E-state index contributed by atoms with van der Waals surface area (Å²) in [6, 6.07) is 13.9. The van der Waals surface area contributed by atoms with Gasteiger partial charge >= 0.3 is 0 Å². The summed E-state index contributed by atoms with van der Waals surface area (Å²) in [6.45, 7) is 0.578. The molecule has 0 saturated carbocycles. The number of benzene rings is 2. The minimum Gasteiger partial charge on any atom is -0.492 e. The molecule has 1 atom stereocenters. The second kappa shape index (κ2) is 8.31. The second-order valence-electron chi connectivity index (χ2n) is 5.91. The normalized spacial score (nSPS) is 16.0. The predicted octanol–water partition coefficient (Wildman–Crippen LogP) is 1.44. The second-order valence-corrected chi connectivity index (χ2v) is 5.91. The Morgan fingerprint density at radius 1 is 1.19 bits per heavy atom. The lowest BCUT2D eigenvalue weighted by Crippen LogP contribution is -2.40. The Balaban J connectivity index is 1.59. The van der Waals surface area contributed by atoms with E-state index in [2.05, 4.69) is 10.4 Å². The maximum atomic E-state index is 13.1. The van der Waals surface area contributed by atoms with Crippen molar-refractivity contribution in [2.24, 2.45) is 10.8 Å². The monoisotopic (exact) mass is 370 g/mol. The van der Waals surface area contributed by atoms with Crippen LogP contribution in [0, 0.1) is 5.82 Å². The molecule has 1 aliphatic heterocycles. The van der Waals surface area contributed by atoms with Gasteiger partial charge in [0.15, 0.2) is 0 Å². The summed E-state index contributed by atoms with van der Waals surface area (Å²) < 4.78 is 18.6. The highest BCUT2D eigenvalue weighted by molar-refractivity contribution is 6.40. The number of para-hydroxylation sites is 1. The zero-order valence-corrected chi connectivity index (χ0v) is 14.5. The van der Waals surface area contributed by atoms with Gasteiger partial charge in [-0.05, 0) is 36.4 Å². The van der Waals surface area contributed by atoms with Crippen LogP contribution >= 0.6 is 0 Å². The molecular formula is C19H19FN4O3. The summed E-state index contributed by atoms with van der Waals surface area (Å²) in [5.41, 5.74) is 6.09. The van der Waals surface area contributed by atoms with Crippen LogP contribution < -0.4 is 20.8 Å². The Morgan fingerprint density at radius 3 is 2.56 bits per heavy atom. The van der Waals surface area contributed by atoms with Crippen LogP contribution in [0.15, 0.2) is 59.7 Å². The average molecular weight is 370 g/mol. The van der Waals surface area contributed by atoms with E-state index in [0.29, 0.717) is 18.0 Å². The molecule has 1 aliphatic rings. The molecule has 2 aromatic rings. The van der Waals surface area contributed by atoms with E-state index >= 15 is 0 Å². The van der Waals surface area contributed by atoms with Crippen LogP contribution in [-0.2, 0) is 9.59 Å². The minimum absolute atomic E-state index is 0.0814. The average Bonchev–Trinajstić information content (AvgIpc) is 3.12. The highest BCUT2D eigenvalue weighted by atomic mass is 19.1. The van der Waals surface area contributed by atoms with E-state index < -0.39 is 23.7 Å². The van der Waals surface area contributed by atoms with Crippen LogP contribution in [0.3, 0.4) is 0 Å². The first-order valence-corrected chi connectivity index (χ1v) is 8.42. The molecule has 3 N–H and O–H groups in total. The molecule has 2 amide bonds. The Labute approximate surface area is 155 Å². The highest BCUT2D eigenvalue weighted by Gasteiger charge is 2.34. The van der Waals surface area contributed by atoms with Gasteiger partial charge in [-0.3, -0.25) is 14.6 Å². The van der Waals surface area contributed by atoms with E-state index in [1.807, 2.05) is 30.3 Å². The molecule has 7 nitrogen and oxygen atoms in total. The van der Waals surface area contributed by atoms with Crippen molar-refractivity contribution in [1.29, 1.82) is 0 Å². The number of nitrogens with two attached hydrogens (primary N) is 1. The number of anilines is 1. The van der Waals surface area contributed by atoms with Gasteiger partial charge in [0.1, 0.15) is 29.9 Å². The summed E-state index contributed by atoms with van der Waals surface area (Å²) in [4.78, 5) is 24.0. The lowest BCUT2D eigenvalue weighted by Gasteiger charge is -2.20. The Kier molecular flexibility index (Phi) is 5.65. The molecule has 1 unspecified atom stereocenters. The van der Waals surface area contributed by atoms with E-state index in [-0.39, 0.29) is 18.7 Å². The van der Waals surface area contributed by atoms with Gasteiger partial charge in [0.2, 0.25) is 5.91 Å². The van der Waals surface area contributed by atoms with Crippen molar-refractivity contribution < 1.29 is 18.7 Å². The maximum absolute atomic E-state index is 13.1. The molecule has 140 valence electrons. The van der Waals surface area contributed by atoms with Gasteiger partial charge in [-0.15, -0.1) is 0 Å². The van der Waals surface area contributed by atoms with Crippen molar-refractivity contribution in [1.82, 2.24) is 5.32 Å². The first-order chi connectivity index (χ1) is 13.0. The third kappa shape index (κ3) is 4.60. The molecule has 1 heterocycles. The molecule has 8 heteroatoms. The predicted molar refractivity (Wildman–Crippen MR) is 98.9 cm³/mol. The number of halogens is 1. The fourth-order valence-corrected chi connectivity index (χ4v) is 2.65. The van der Waals surface area contributed by atoms with Crippen LogP contribution in [0.5, 0.6) is 5.75 Å². The van der Waals surface area contributed by atoms with E-state index in [9.17, 15) is 14.0 Å². The van der Waals surface area contributed by atoms with Gasteiger partial charge in [0.25, 0.3) is 5.91 Å². The number of rotatable bonds is 7. The van der Waals surface area contributed by atoms with Crippen LogP contribution in [-0.4, -0.2) is 36.7 Å². The molecule has 27 heavy (non-hydrogen) atoms. The maximum Gasteiger partial charge on any atom is 0.267 e. The standard InChI is InChI=1S/C19H19FN4O3/c20-13-6-8-14(9-7-13)24-17(18(21)25)12-16(23-24)19(26)22-10-11-27-15-4-2-1-3-5-15/h1-9,17H,10-12H2,(H2,21,25)(H,22,26). The number of nitrogens with one attached hydrogen (secondary N) is 1. The lowest BCUT2D eigenvalue weighted by atomic mass is 10.1. The molecular weight excluding hydrogens is 351 g/mol. The number of hydrazone groups is 1. The number of nitrogens with zero attached hydrogens (tertiary/aromatic N) is 2. The topological polar surface area (TPSA) is 97.0 Å². The third-order valence-electron chi connectivity index (χ3n) is 3.99. The van der Waals surface area contributed by atoms with Crippen molar-refractivity contribution in [2.75, 3.05) is 18.2 Å². The van der Waals surface area contributed by atoms with Crippen molar-refractivity contribution >= 4 is 23.2 Å². The molecule has 2 aromatic carbocycles. The molecule has 0 saturated heterocycles. The zero-order chi connectivity index (χ0) is 19.2. The first-order valence-electron chi connectivity index (χ1n) is 8.42. The Hall–Kier alpha value is -3.42. The van der Waals surface area contributed by atoms with Gasteiger partial charge < -0.3 is 15.8 Å². The summed E-state index contributed by atoms with van der Waals surface area (Å²) in [6.07, 6.45) is 0.0814. The smallest absolute Gasteiger partial charge is 0.267 e. The number of carbonyl (C=O) groups is 2. The van der Waals surface area contributed by atoms with Crippen LogP contribution in [0.1, 0.15) is 6.42 Å². The number of hydrogen-bond donors (Lipinski definition) is 2. The lowest BCUT2D eigenvalue weighted by molar-refractivity contribution is -0.119. The van der Waals surface area contributed by atoms with E-state index in [4.69, 9.17) is 10.5 Å². The quantitative estimate of drug-likeness (QED) is 0.721. The number of primary amides is 1. The Bertz CT molecular complexity index is 840. The van der Waals surface area contributed by atoms with E-state index in [1.165, 1.54) is 29.3 Å². The molecule has 0 aliphatic carbocycles. The van der Waals surface area contributed by atoms with Gasteiger partial charge in [-0.1, -0.05) is 18.2 Å². The molecule has 0 radical (unpaired) electrons. The van der Waals surface area contributed by atoms with Crippen LogP contribution in [0.2, 0.25) is 0 Å². The highest BCUT2D eigenvalue weighted by Crippen LogP contribution is 2.24. The molecule has 0 aromatic heterocycles. The molecule has 0 bridgehead atoms. The van der Waals surface area contributed by atoms with Crippen LogP contribution in [0.4, 0.5) is 10.1 Å². The van der Waals surface area contributed by atoms with E-state index in [0.717, 1.165) is 0 Å². The van der Waals surface area contributed by atoms with Gasteiger partial charge in [0.05, 0.1) is 12.2 Å². The number of carbonyl (C=O) groups excluding carboxylic acids is 2. The summed E-state index contributed by atoms with van der Waals surface area (Å²) in [7, 11) is 0. The first kappa shape index (κ1) is 18.4. The summed E-state index contributed by atoms with van der Waals surface area (Å²) >= 11 is 0. The zero-order valence-electron chi connectivity index (χ0n) is 14.5. The van der Waals surface area contributed by atoms with Gasteiger partial charge in [0, 0.05) is 6.42 Å². The largest absolute Gasteiger partial charge is 0.492 e. The number of amides is 2. The van der Waals surface area contributed by atoms with Crippen molar-refractivity contribution in [3.63, 3.8) is 0 Å². The SMILES string of the molecule is NC(=O)C1CC(C(=O)NCCOc2ccccc2)=NN1c1ccc(F)cc1. The fraction of sp³-hybridized carbons (Fsp3) is 0.211. The van der Waals surface area contributed by atoms with Crippen molar-refractivity contribution in [2.45, 2.75) is 12.5 Å². The van der Waals surface area contributed by atoms with E-state index in [1.54, 1.807) is 0 Å². The van der Waals surface area contributed by atoms with Crippen molar-refractivity contribution in [3.8, 4) is 5.75 Å². The third-order valence-corrected chi connectivity index (χ3v) is 3.99. The molecule has 0 spiro atoms. The van der Waals surface area contributed by atoms with Gasteiger partial charge in [-0.25, -0.2) is 4.39 Å². The van der Waals surface area contributed by atoms with Crippen molar-refractivity contribution in [3.05, 3.63) is 60.4 Å². The number of ether oxygens (including phenoxy) is 1.